The van der Waals surface area contributed by atoms with Gasteiger partial charge in [0, 0.05) is 30.7 Å². The van der Waals surface area contributed by atoms with E-state index in [0.717, 1.165) is 0 Å². The number of carbonyl (C=O) groups is 1. The predicted octanol–water partition coefficient (Wildman–Crippen LogP) is 1.18. The highest BCUT2D eigenvalue weighted by Crippen LogP contribution is 2.13. The van der Waals surface area contributed by atoms with Crippen LogP contribution in [0.15, 0.2) is 29.2 Å². The van der Waals surface area contributed by atoms with Crippen LogP contribution in [-0.2, 0) is 10.0 Å². The van der Waals surface area contributed by atoms with Gasteiger partial charge in [-0.3, -0.25) is 4.79 Å². The van der Waals surface area contributed by atoms with Crippen molar-refractivity contribution in [1.29, 1.82) is 0 Å². The van der Waals surface area contributed by atoms with E-state index in [1.165, 1.54) is 24.3 Å². The van der Waals surface area contributed by atoms with Gasteiger partial charge in [-0.15, -0.1) is 0 Å². The molecule has 1 aromatic carbocycles. The molecule has 0 aromatic heterocycles. The summed E-state index contributed by atoms with van der Waals surface area (Å²) in [5, 5.41) is 0. The molecular formula is C15H25N3O3S. The van der Waals surface area contributed by atoms with Crippen molar-refractivity contribution in [1.82, 2.24) is 9.62 Å². The minimum absolute atomic E-state index is 0.106. The summed E-state index contributed by atoms with van der Waals surface area (Å²) < 4.78 is 26.7. The zero-order valence-corrected chi connectivity index (χ0v) is 14.4. The number of benzene rings is 1. The van der Waals surface area contributed by atoms with Crippen LogP contribution in [0.3, 0.4) is 0 Å². The topological polar surface area (TPSA) is 92.5 Å². The number of nitrogens with two attached hydrogens (primary N) is 1. The molecule has 0 radical (unpaired) electrons. The van der Waals surface area contributed by atoms with Crippen LogP contribution in [0, 0.1) is 0 Å². The Morgan fingerprint density at radius 2 is 1.68 bits per heavy atom. The average molecular weight is 327 g/mol. The first-order chi connectivity index (χ1) is 10.1. The number of amides is 1. The molecule has 0 saturated carbocycles. The molecule has 0 bridgehead atoms. The summed E-state index contributed by atoms with van der Waals surface area (Å²) in [6, 6.07) is 5.93. The van der Waals surface area contributed by atoms with E-state index < -0.39 is 15.6 Å². The molecule has 7 heteroatoms. The van der Waals surface area contributed by atoms with Gasteiger partial charge in [0.2, 0.25) is 10.0 Å². The predicted molar refractivity (Wildman–Crippen MR) is 87.1 cm³/mol. The van der Waals surface area contributed by atoms with Crippen molar-refractivity contribution in [3.8, 4) is 0 Å². The first-order valence-corrected chi connectivity index (χ1v) is 8.77. The normalized spacial score (nSPS) is 12.2. The molecular weight excluding hydrogens is 302 g/mol. The number of nitrogens with zero attached hydrogens (tertiary/aromatic N) is 1. The Morgan fingerprint density at radius 3 is 2.09 bits per heavy atom. The summed E-state index contributed by atoms with van der Waals surface area (Å²) >= 11 is 0. The lowest BCUT2D eigenvalue weighted by molar-refractivity contribution is 0.0773. The molecule has 22 heavy (non-hydrogen) atoms. The molecule has 0 fully saturated rings. The van der Waals surface area contributed by atoms with E-state index in [2.05, 4.69) is 4.72 Å². The molecule has 1 amide bonds. The monoisotopic (exact) mass is 327 g/mol. The van der Waals surface area contributed by atoms with Gasteiger partial charge in [-0.25, -0.2) is 13.1 Å². The van der Waals surface area contributed by atoms with Crippen molar-refractivity contribution in [2.75, 3.05) is 19.6 Å². The molecule has 0 aliphatic carbocycles. The molecule has 0 heterocycles. The molecule has 1 rings (SSSR count). The van der Waals surface area contributed by atoms with Crippen molar-refractivity contribution in [2.24, 2.45) is 5.73 Å². The highest BCUT2D eigenvalue weighted by atomic mass is 32.2. The van der Waals surface area contributed by atoms with Crippen molar-refractivity contribution in [2.45, 2.75) is 38.1 Å². The third-order valence-electron chi connectivity index (χ3n) is 3.18. The van der Waals surface area contributed by atoms with Gasteiger partial charge in [-0.05, 0) is 52.0 Å². The van der Waals surface area contributed by atoms with Gasteiger partial charge < -0.3 is 10.6 Å². The number of hydrogen-bond donors (Lipinski definition) is 2. The minimum atomic E-state index is -3.62. The van der Waals surface area contributed by atoms with Crippen molar-refractivity contribution in [3.63, 3.8) is 0 Å². The molecule has 0 spiro atoms. The van der Waals surface area contributed by atoms with Gasteiger partial charge in [0.1, 0.15) is 0 Å². The van der Waals surface area contributed by atoms with Gasteiger partial charge in [0.05, 0.1) is 4.90 Å². The van der Waals surface area contributed by atoms with Gasteiger partial charge in [-0.1, -0.05) is 0 Å². The molecule has 6 nitrogen and oxygen atoms in total. The van der Waals surface area contributed by atoms with E-state index in [4.69, 9.17) is 5.73 Å². The molecule has 1 aromatic rings. The fourth-order valence-electron chi connectivity index (χ4n) is 1.83. The maximum Gasteiger partial charge on any atom is 0.253 e. The van der Waals surface area contributed by atoms with Gasteiger partial charge in [0.15, 0.2) is 0 Å². The zero-order valence-electron chi connectivity index (χ0n) is 13.6. The Kier molecular flexibility index (Phi) is 6.10. The van der Waals surface area contributed by atoms with E-state index in [1.54, 1.807) is 18.7 Å². The van der Waals surface area contributed by atoms with Gasteiger partial charge in [-0.2, -0.15) is 0 Å². The number of carbonyl (C=O) groups excluding carboxylic acids is 1. The maximum atomic E-state index is 12.2. The van der Waals surface area contributed by atoms with E-state index in [0.29, 0.717) is 18.7 Å². The zero-order chi connectivity index (χ0) is 17.0. The molecule has 0 aliphatic rings. The molecule has 0 unspecified atom stereocenters. The van der Waals surface area contributed by atoms with Crippen LogP contribution < -0.4 is 10.5 Å². The van der Waals surface area contributed by atoms with Crippen LogP contribution in [0.25, 0.3) is 0 Å². The average Bonchev–Trinajstić information content (AvgIpc) is 2.46. The van der Waals surface area contributed by atoms with Crippen LogP contribution >= 0.6 is 0 Å². The van der Waals surface area contributed by atoms with Crippen LogP contribution in [-0.4, -0.2) is 44.4 Å². The van der Waals surface area contributed by atoms with E-state index in [-0.39, 0.29) is 17.3 Å². The standard InChI is InChI=1S/C15H25N3O3S/c1-5-18(6-2)14(19)12-7-9-13(10-8-12)22(20,21)17-11-15(3,4)16/h7-10,17H,5-6,11,16H2,1-4H3. The fraction of sp³-hybridized carbons (Fsp3) is 0.533. The van der Waals surface area contributed by atoms with Crippen LogP contribution in [0.5, 0.6) is 0 Å². The van der Waals surface area contributed by atoms with E-state index in [1.807, 2.05) is 13.8 Å². The first-order valence-electron chi connectivity index (χ1n) is 7.28. The minimum Gasteiger partial charge on any atom is -0.339 e. The molecule has 0 aliphatic heterocycles. The van der Waals surface area contributed by atoms with Gasteiger partial charge >= 0.3 is 0 Å². The smallest absolute Gasteiger partial charge is 0.253 e. The van der Waals surface area contributed by atoms with Gasteiger partial charge in [0.25, 0.3) is 5.91 Å². The summed E-state index contributed by atoms with van der Waals surface area (Å²) in [7, 11) is -3.62. The van der Waals surface area contributed by atoms with E-state index in [9.17, 15) is 13.2 Å². The van der Waals surface area contributed by atoms with Crippen molar-refractivity contribution in [3.05, 3.63) is 29.8 Å². The second-order valence-electron chi connectivity index (χ2n) is 5.81. The Morgan fingerprint density at radius 1 is 1.18 bits per heavy atom. The Labute approximate surface area is 132 Å². The van der Waals surface area contributed by atoms with Crippen molar-refractivity contribution < 1.29 is 13.2 Å². The van der Waals surface area contributed by atoms with Crippen LogP contribution in [0.1, 0.15) is 38.1 Å². The van der Waals surface area contributed by atoms with Crippen LogP contribution in [0.2, 0.25) is 0 Å². The quantitative estimate of drug-likeness (QED) is 0.786. The highest BCUT2D eigenvalue weighted by molar-refractivity contribution is 7.89. The maximum absolute atomic E-state index is 12.2. The SMILES string of the molecule is CCN(CC)C(=O)c1ccc(S(=O)(=O)NCC(C)(C)N)cc1. The lowest BCUT2D eigenvalue weighted by Crippen LogP contribution is -2.45. The second-order valence-corrected chi connectivity index (χ2v) is 7.58. The summed E-state index contributed by atoms with van der Waals surface area (Å²) in [6.07, 6.45) is 0. The number of nitrogens with one attached hydrogen (secondary N) is 1. The second kappa shape index (κ2) is 7.21. The van der Waals surface area contributed by atoms with Crippen LogP contribution in [0.4, 0.5) is 0 Å². The Hall–Kier alpha value is -1.44. The lowest BCUT2D eigenvalue weighted by atomic mass is 10.1. The van der Waals surface area contributed by atoms with Crippen molar-refractivity contribution >= 4 is 15.9 Å². The Balaban J connectivity index is 2.90. The molecule has 3 N–H and O–H groups in total. The largest absolute Gasteiger partial charge is 0.339 e. The first kappa shape index (κ1) is 18.6. The molecule has 0 atom stereocenters. The molecule has 0 saturated heterocycles. The summed E-state index contributed by atoms with van der Waals surface area (Å²) in [4.78, 5) is 14.0. The number of rotatable bonds is 7. The van der Waals surface area contributed by atoms with E-state index >= 15 is 0 Å². The summed E-state index contributed by atoms with van der Waals surface area (Å²) in [6.45, 7) is 8.64. The number of sulfonamides is 1. The third-order valence-corrected chi connectivity index (χ3v) is 4.60. The molecule has 124 valence electrons. The summed E-state index contributed by atoms with van der Waals surface area (Å²) in [5.41, 5.74) is 5.61. The lowest BCUT2D eigenvalue weighted by Gasteiger charge is -2.20. The Bertz CT molecular complexity index is 600. The highest BCUT2D eigenvalue weighted by Gasteiger charge is 2.19. The fourth-order valence-corrected chi connectivity index (χ4v) is 3.06. The third kappa shape index (κ3) is 5.08. The summed E-state index contributed by atoms with van der Waals surface area (Å²) in [5.74, 6) is -0.106. The number of hydrogen-bond acceptors (Lipinski definition) is 4.